The Morgan fingerprint density at radius 1 is 0.882 bits per heavy atom. The molecule has 0 bridgehead atoms. The predicted octanol–water partition coefficient (Wildman–Crippen LogP) is 6.55. The van der Waals surface area contributed by atoms with Crippen molar-refractivity contribution in [2.45, 2.75) is 57.3 Å². The first kappa shape index (κ1) is 35.2. The van der Waals surface area contributed by atoms with Crippen LogP contribution < -0.4 is 25.4 Å². The maximum atomic E-state index is 15.7. The second-order valence-corrected chi connectivity index (χ2v) is 14.1. The molecule has 4 heterocycles. The van der Waals surface area contributed by atoms with Gasteiger partial charge in [-0.1, -0.05) is 65.7 Å². The number of rotatable bonds is 11. The maximum absolute atomic E-state index is 15.7. The van der Waals surface area contributed by atoms with Crippen molar-refractivity contribution in [3.8, 4) is 45.1 Å². The van der Waals surface area contributed by atoms with Gasteiger partial charge in [0, 0.05) is 91.0 Å². The molecule has 7 rings (SSSR count). The lowest BCUT2D eigenvalue weighted by Gasteiger charge is -2.32. The van der Waals surface area contributed by atoms with Crippen molar-refractivity contribution in [3.63, 3.8) is 0 Å². The zero-order chi connectivity index (χ0) is 35.6. The summed E-state index contributed by atoms with van der Waals surface area (Å²) < 4.78 is 27.2. The molecule has 266 valence electrons. The Morgan fingerprint density at radius 3 is 2.22 bits per heavy atom. The van der Waals surface area contributed by atoms with Gasteiger partial charge in [-0.2, -0.15) is 0 Å². The Hall–Kier alpha value is -4.22. The molecule has 2 amide bonds. The van der Waals surface area contributed by atoms with E-state index in [2.05, 4.69) is 31.9 Å². The van der Waals surface area contributed by atoms with E-state index < -0.39 is 5.82 Å². The van der Waals surface area contributed by atoms with Crippen LogP contribution in [0.3, 0.4) is 0 Å². The third-order valence-electron chi connectivity index (χ3n) is 10.0. The molecule has 4 aromatic rings. The van der Waals surface area contributed by atoms with E-state index in [0.29, 0.717) is 58.2 Å². The Kier molecular flexibility index (Phi) is 10.5. The zero-order valence-electron chi connectivity index (χ0n) is 28.6. The fourth-order valence-electron chi connectivity index (χ4n) is 7.41. The van der Waals surface area contributed by atoms with E-state index >= 15 is 4.39 Å². The summed E-state index contributed by atoms with van der Waals surface area (Å²) in [6.07, 6.45) is 3.59. The van der Waals surface area contributed by atoms with Crippen molar-refractivity contribution in [2.75, 3.05) is 33.9 Å². The van der Waals surface area contributed by atoms with Gasteiger partial charge in [-0.15, -0.1) is 0 Å². The second kappa shape index (κ2) is 15.2. The van der Waals surface area contributed by atoms with Crippen molar-refractivity contribution in [2.24, 2.45) is 0 Å². The zero-order valence-corrected chi connectivity index (χ0v) is 30.1. The summed E-state index contributed by atoms with van der Waals surface area (Å²) >= 11 is 14.2. The van der Waals surface area contributed by atoms with Crippen LogP contribution in [-0.4, -0.2) is 67.6 Å². The number of ether oxygens (including phenoxy) is 2. The molecule has 12 heteroatoms. The Labute approximate surface area is 306 Å². The minimum Gasteiger partial charge on any atom is -0.496 e. The monoisotopic (exact) mass is 731 g/mol. The van der Waals surface area contributed by atoms with Gasteiger partial charge in [-0.05, 0) is 42.5 Å². The molecule has 3 aromatic carbocycles. The van der Waals surface area contributed by atoms with Crippen molar-refractivity contribution in [1.82, 2.24) is 25.8 Å². The number of pyridine rings is 1. The smallest absolute Gasteiger partial charge is 0.220 e. The molecule has 0 spiro atoms. The van der Waals surface area contributed by atoms with Gasteiger partial charge in [0.25, 0.3) is 0 Å². The SMILES string of the molecule is COc1cc(-c2cccc(-c3cccc(-c4nc(OC)c(CNC[C@@H]5CCC(=O)N5)cc4F)c3Cl)c2Cl)cc2c1CN(C[C@H]1CCC(=O)N1)CC2. The third kappa shape index (κ3) is 7.42. The van der Waals surface area contributed by atoms with E-state index in [4.69, 9.17) is 32.7 Å². The molecule has 2 atom stereocenters. The number of nitrogens with zero attached hydrogens (tertiary/aromatic N) is 2. The number of amides is 2. The molecule has 0 radical (unpaired) electrons. The van der Waals surface area contributed by atoms with Crippen molar-refractivity contribution < 1.29 is 23.5 Å². The van der Waals surface area contributed by atoms with Gasteiger partial charge in [0.15, 0.2) is 0 Å². The Balaban J connectivity index is 1.15. The van der Waals surface area contributed by atoms with E-state index in [1.165, 1.54) is 18.7 Å². The summed E-state index contributed by atoms with van der Waals surface area (Å²) in [7, 11) is 3.18. The molecule has 1 aromatic heterocycles. The highest BCUT2D eigenvalue weighted by Gasteiger charge is 2.28. The number of aromatic nitrogens is 1. The molecule has 51 heavy (non-hydrogen) atoms. The average molecular weight is 733 g/mol. The lowest BCUT2D eigenvalue weighted by Crippen LogP contribution is -2.41. The van der Waals surface area contributed by atoms with Gasteiger partial charge in [0.2, 0.25) is 17.7 Å². The Bertz CT molecular complexity index is 1970. The van der Waals surface area contributed by atoms with Crippen LogP contribution in [0.2, 0.25) is 10.0 Å². The molecule has 3 aliphatic rings. The van der Waals surface area contributed by atoms with Crippen LogP contribution in [0.5, 0.6) is 11.6 Å². The molecule has 0 unspecified atom stereocenters. The highest BCUT2D eigenvalue weighted by molar-refractivity contribution is 6.39. The van der Waals surface area contributed by atoms with Gasteiger partial charge in [-0.25, -0.2) is 9.37 Å². The number of carbonyl (C=O) groups excluding carboxylic acids is 2. The van der Waals surface area contributed by atoms with Crippen LogP contribution in [0.15, 0.2) is 54.6 Å². The van der Waals surface area contributed by atoms with E-state index in [-0.39, 0.29) is 35.5 Å². The van der Waals surface area contributed by atoms with Crippen LogP contribution in [-0.2, 0) is 29.1 Å². The molecule has 2 fully saturated rings. The van der Waals surface area contributed by atoms with Crippen molar-refractivity contribution in [3.05, 3.63) is 87.2 Å². The summed E-state index contributed by atoms with van der Waals surface area (Å²) in [5.74, 6) is 0.716. The van der Waals surface area contributed by atoms with Gasteiger partial charge in [0.05, 0.1) is 24.3 Å². The number of fused-ring (bicyclic) bond motifs is 1. The molecule has 0 saturated carbocycles. The van der Waals surface area contributed by atoms with Gasteiger partial charge in [-0.3, -0.25) is 14.5 Å². The predicted molar refractivity (Wildman–Crippen MR) is 197 cm³/mol. The fourth-order valence-corrected chi connectivity index (χ4v) is 8.06. The summed E-state index contributed by atoms with van der Waals surface area (Å²) in [5.41, 5.74) is 6.50. The van der Waals surface area contributed by atoms with E-state index in [1.807, 2.05) is 36.4 Å². The first-order chi connectivity index (χ1) is 24.7. The third-order valence-corrected chi connectivity index (χ3v) is 10.8. The second-order valence-electron chi connectivity index (χ2n) is 13.4. The first-order valence-electron chi connectivity index (χ1n) is 17.3. The fraction of sp³-hybridized carbons (Fsp3) is 0.359. The number of methoxy groups -OCH3 is 2. The maximum Gasteiger partial charge on any atom is 0.220 e. The Morgan fingerprint density at radius 2 is 1.55 bits per heavy atom. The topological polar surface area (TPSA) is 105 Å². The summed E-state index contributed by atoms with van der Waals surface area (Å²) in [6.45, 7) is 3.33. The van der Waals surface area contributed by atoms with Crippen LogP contribution in [0.4, 0.5) is 4.39 Å². The number of hydrogen-bond acceptors (Lipinski definition) is 7. The number of nitrogens with one attached hydrogen (secondary N) is 3. The molecular weight excluding hydrogens is 692 g/mol. The minimum absolute atomic E-state index is 0.0449. The normalized spacial score (nSPS) is 18.8. The van der Waals surface area contributed by atoms with Crippen LogP contribution in [0.1, 0.15) is 42.4 Å². The summed E-state index contributed by atoms with van der Waals surface area (Å²) in [4.78, 5) is 30.2. The van der Waals surface area contributed by atoms with E-state index in [9.17, 15) is 9.59 Å². The summed E-state index contributed by atoms with van der Waals surface area (Å²) in [5, 5.41) is 10.1. The van der Waals surface area contributed by atoms with Crippen molar-refractivity contribution >= 4 is 35.0 Å². The van der Waals surface area contributed by atoms with Crippen LogP contribution in [0.25, 0.3) is 33.5 Å². The molecule has 2 saturated heterocycles. The van der Waals surface area contributed by atoms with Crippen LogP contribution in [0, 0.1) is 5.82 Å². The lowest BCUT2D eigenvalue weighted by molar-refractivity contribution is -0.120. The molecule has 9 nitrogen and oxygen atoms in total. The lowest BCUT2D eigenvalue weighted by atomic mass is 9.91. The number of hydrogen-bond donors (Lipinski definition) is 3. The molecular formula is C39H40Cl2FN5O4. The van der Waals surface area contributed by atoms with Crippen LogP contribution >= 0.6 is 23.2 Å². The van der Waals surface area contributed by atoms with Gasteiger partial charge >= 0.3 is 0 Å². The largest absolute Gasteiger partial charge is 0.496 e. The highest BCUT2D eigenvalue weighted by atomic mass is 35.5. The molecule has 0 aliphatic carbocycles. The number of carbonyl (C=O) groups is 2. The first-order valence-corrected chi connectivity index (χ1v) is 18.0. The number of benzene rings is 3. The van der Waals surface area contributed by atoms with Gasteiger partial charge in [0.1, 0.15) is 17.3 Å². The minimum atomic E-state index is -0.534. The highest BCUT2D eigenvalue weighted by Crippen LogP contribution is 2.44. The number of halogens is 3. The standard InChI is InChI=1S/C39H40Cl2FN5O4/c1-50-33-17-23(15-22-13-14-47(21-31(22)33)20-26-10-12-35(49)45-26)27-5-3-6-28(36(27)40)29-7-4-8-30(37(29)41)38-32(42)16-24(39(46-38)51-2)18-43-19-25-9-11-34(48)44-25/h3-8,15-17,25-26,43H,9-14,18-21H2,1-2H3,(H,44,48)(H,45,49)/t25-,26+/m0/s1. The summed E-state index contributed by atoms with van der Waals surface area (Å²) in [6, 6.07) is 17.1. The molecule has 3 aliphatic heterocycles. The van der Waals surface area contributed by atoms with E-state index in [0.717, 1.165) is 61.3 Å². The average Bonchev–Trinajstić information content (AvgIpc) is 3.74. The van der Waals surface area contributed by atoms with E-state index in [1.54, 1.807) is 13.2 Å². The quantitative estimate of drug-likeness (QED) is 0.161. The van der Waals surface area contributed by atoms with Crippen molar-refractivity contribution in [1.29, 1.82) is 0 Å². The van der Waals surface area contributed by atoms with Gasteiger partial charge < -0.3 is 25.4 Å². The molecule has 3 N–H and O–H groups in total.